The second-order valence-electron chi connectivity index (χ2n) is 4.21. The van der Waals surface area contributed by atoms with Crippen LogP contribution in [-0.2, 0) is 0 Å². The minimum absolute atomic E-state index is 0.112. The summed E-state index contributed by atoms with van der Waals surface area (Å²) in [6, 6.07) is 5.82. The molecule has 1 saturated heterocycles. The standard InChI is InChI=1S/C12H16FN/c1-8-5-6-14-12(8)10-3-4-11(13)9(2)7-10/h3-4,7-8,12,14H,5-6H2,1-2H3/t8-,12-/m0/s1. The quantitative estimate of drug-likeness (QED) is 0.723. The van der Waals surface area contributed by atoms with Gasteiger partial charge in [0.2, 0.25) is 0 Å². The van der Waals surface area contributed by atoms with Gasteiger partial charge in [-0.25, -0.2) is 4.39 Å². The Bertz CT molecular complexity index is 335. The first-order valence-corrected chi connectivity index (χ1v) is 5.18. The van der Waals surface area contributed by atoms with Crippen molar-refractivity contribution in [1.29, 1.82) is 0 Å². The molecule has 14 heavy (non-hydrogen) atoms. The molecule has 0 unspecified atom stereocenters. The zero-order valence-electron chi connectivity index (χ0n) is 8.68. The maximum atomic E-state index is 13.1. The normalized spacial score (nSPS) is 26.8. The van der Waals surface area contributed by atoms with Crippen LogP contribution in [0.3, 0.4) is 0 Å². The molecule has 1 nitrogen and oxygen atoms in total. The fourth-order valence-electron chi connectivity index (χ4n) is 2.14. The summed E-state index contributed by atoms with van der Waals surface area (Å²) in [5, 5.41) is 3.45. The monoisotopic (exact) mass is 193 g/mol. The van der Waals surface area contributed by atoms with Gasteiger partial charge in [0.25, 0.3) is 0 Å². The molecule has 0 aliphatic carbocycles. The van der Waals surface area contributed by atoms with Crippen molar-refractivity contribution in [1.82, 2.24) is 5.32 Å². The van der Waals surface area contributed by atoms with Crippen molar-refractivity contribution in [3.8, 4) is 0 Å². The lowest BCUT2D eigenvalue weighted by Crippen LogP contribution is -2.16. The molecule has 2 heteroatoms. The molecule has 1 fully saturated rings. The molecule has 1 aliphatic heterocycles. The fraction of sp³-hybridized carbons (Fsp3) is 0.500. The van der Waals surface area contributed by atoms with Gasteiger partial charge in [-0.15, -0.1) is 0 Å². The van der Waals surface area contributed by atoms with Gasteiger partial charge in [-0.05, 0) is 43.0 Å². The van der Waals surface area contributed by atoms with Crippen LogP contribution < -0.4 is 5.32 Å². The Balaban J connectivity index is 2.28. The van der Waals surface area contributed by atoms with Gasteiger partial charge >= 0.3 is 0 Å². The van der Waals surface area contributed by atoms with Crippen molar-refractivity contribution in [3.63, 3.8) is 0 Å². The Morgan fingerprint density at radius 1 is 1.43 bits per heavy atom. The predicted molar refractivity (Wildman–Crippen MR) is 55.7 cm³/mol. The van der Waals surface area contributed by atoms with Gasteiger partial charge in [-0.3, -0.25) is 0 Å². The number of halogens is 1. The van der Waals surface area contributed by atoms with Crippen LogP contribution in [0.4, 0.5) is 4.39 Å². The molecule has 0 spiro atoms. The molecule has 0 bridgehead atoms. The highest BCUT2D eigenvalue weighted by molar-refractivity contribution is 5.27. The Morgan fingerprint density at radius 2 is 2.21 bits per heavy atom. The molecule has 2 atom stereocenters. The second-order valence-corrected chi connectivity index (χ2v) is 4.21. The molecule has 1 aliphatic rings. The third kappa shape index (κ3) is 1.67. The maximum Gasteiger partial charge on any atom is 0.126 e. The lowest BCUT2D eigenvalue weighted by molar-refractivity contribution is 0.502. The van der Waals surface area contributed by atoms with E-state index in [1.165, 1.54) is 12.0 Å². The van der Waals surface area contributed by atoms with Crippen molar-refractivity contribution in [2.75, 3.05) is 6.54 Å². The zero-order valence-corrected chi connectivity index (χ0v) is 8.68. The number of rotatable bonds is 1. The van der Waals surface area contributed by atoms with Crippen LogP contribution >= 0.6 is 0 Å². The van der Waals surface area contributed by atoms with Gasteiger partial charge in [0.05, 0.1) is 0 Å². The van der Waals surface area contributed by atoms with E-state index >= 15 is 0 Å². The molecular formula is C12H16FN. The van der Waals surface area contributed by atoms with E-state index in [-0.39, 0.29) is 5.82 Å². The van der Waals surface area contributed by atoms with Crippen LogP contribution in [0.15, 0.2) is 18.2 Å². The van der Waals surface area contributed by atoms with E-state index in [9.17, 15) is 4.39 Å². The van der Waals surface area contributed by atoms with E-state index in [1.807, 2.05) is 19.1 Å². The molecule has 0 amide bonds. The maximum absolute atomic E-state index is 13.1. The first kappa shape index (κ1) is 9.66. The third-order valence-electron chi connectivity index (χ3n) is 3.07. The molecule has 0 saturated carbocycles. The van der Waals surface area contributed by atoms with E-state index < -0.39 is 0 Å². The van der Waals surface area contributed by atoms with Crippen molar-refractivity contribution in [2.45, 2.75) is 26.3 Å². The average Bonchev–Trinajstić information content (AvgIpc) is 2.57. The highest BCUT2D eigenvalue weighted by Gasteiger charge is 2.24. The second kappa shape index (κ2) is 3.70. The van der Waals surface area contributed by atoms with E-state index in [4.69, 9.17) is 0 Å². The van der Waals surface area contributed by atoms with Crippen LogP contribution in [0.2, 0.25) is 0 Å². The molecule has 1 aromatic rings. The summed E-state index contributed by atoms with van der Waals surface area (Å²) >= 11 is 0. The minimum Gasteiger partial charge on any atom is -0.310 e. The van der Waals surface area contributed by atoms with Crippen molar-refractivity contribution in [3.05, 3.63) is 35.1 Å². The number of nitrogens with one attached hydrogen (secondary N) is 1. The average molecular weight is 193 g/mol. The Kier molecular flexibility index (Phi) is 2.55. The first-order chi connectivity index (χ1) is 6.68. The highest BCUT2D eigenvalue weighted by atomic mass is 19.1. The smallest absolute Gasteiger partial charge is 0.126 e. The highest BCUT2D eigenvalue weighted by Crippen LogP contribution is 2.29. The van der Waals surface area contributed by atoms with Crippen LogP contribution in [-0.4, -0.2) is 6.54 Å². The van der Waals surface area contributed by atoms with E-state index in [0.29, 0.717) is 12.0 Å². The van der Waals surface area contributed by atoms with Crippen LogP contribution in [0.1, 0.15) is 30.5 Å². The summed E-state index contributed by atoms with van der Waals surface area (Å²) in [7, 11) is 0. The number of benzene rings is 1. The van der Waals surface area contributed by atoms with Crippen molar-refractivity contribution >= 4 is 0 Å². The van der Waals surface area contributed by atoms with E-state index in [1.54, 1.807) is 6.07 Å². The number of hydrogen-bond acceptors (Lipinski definition) is 1. The van der Waals surface area contributed by atoms with Crippen LogP contribution in [0.25, 0.3) is 0 Å². The summed E-state index contributed by atoms with van der Waals surface area (Å²) in [4.78, 5) is 0. The van der Waals surface area contributed by atoms with E-state index in [0.717, 1.165) is 12.1 Å². The Morgan fingerprint density at radius 3 is 2.79 bits per heavy atom. The summed E-state index contributed by atoms with van der Waals surface area (Å²) < 4.78 is 13.1. The zero-order chi connectivity index (χ0) is 10.1. The number of aryl methyl sites for hydroxylation is 1. The summed E-state index contributed by atoms with van der Waals surface area (Å²) in [5.41, 5.74) is 1.96. The molecule has 2 rings (SSSR count). The fourth-order valence-corrected chi connectivity index (χ4v) is 2.14. The summed E-state index contributed by atoms with van der Waals surface area (Å²) in [6.07, 6.45) is 1.21. The third-order valence-corrected chi connectivity index (χ3v) is 3.07. The van der Waals surface area contributed by atoms with Gasteiger partial charge in [0, 0.05) is 6.04 Å². The molecule has 1 aromatic carbocycles. The molecule has 1 heterocycles. The molecule has 1 N–H and O–H groups in total. The van der Waals surface area contributed by atoms with Crippen LogP contribution in [0.5, 0.6) is 0 Å². The number of hydrogen-bond donors (Lipinski definition) is 1. The summed E-state index contributed by atoms with van der Waals surface area (Å²) in [6.45, 7) is 5.13. The van der Waals surface area contributed by atoms with Gasteiger partial charge in [-0.1, -0.05) is 19.1 Å². The topological polar surface area (TPSA) is 12.0 Å². The largest absolute Gasteiger partial charge is 0.310 e. The van der Waals surface area contributed by atoms with Gasteiger partial charge in [0.1, 0.15) is 5.82 Å². The summed E-state index contributed by atoms with van der Waals surface area (Å²) in [5.74, 6) is 0.541. The lowest BCUT2D eigenvalue weighted by atomic mass is 9.95. The minimum atomic E-state index is -0.112. The molecule has 0 aromatic heterocycles. The van der Waals surface area contributed by atoms with Crippen molar-refractivity contribution < 1.29 is 4.39 Å². The Hall–Kier alpha value is -0.890. The van der Waals surface area contributed by atoms with Crippen molar-refractivity contribution in [2.24, 2.45) is 5.92 Å². The molecule has 0 radical (unpaired) electrons. The van der Waals surface area contributed by atoms with Gasteiger partial charge in [0.15, 0.2) is 0 Å². The molecular weight excluding hydrogens is 177 g/mol. The first-order valence-electron chi connectivity index (χ1n) is 5.18. The molecule has 76 valence electrons. The van der Waals surface area contributed by atoms with Gasteiger partial charge in [-0.2, -0.15) is 0 Å². The van der Waals surface area contributed by atoms with E-state index in [2.05, 4.69) is 12.2 Å². The Labute approximate surface area is 84.3 Å². The van der Waals surface area contributed by atoms with Crippen LogP contribution in [0, 0.1) is 18.7 Å². The van der Waals surface area contributed by atoms with Gasteiger partial charge < -0.3 is 5.32 Å². The SMILES string of the molecule is Cc1cc([C@H]2NCC[C@@H]2C)ccc1F. The lowest BCUT2D eigenvalue weighted by Gasteiger charge is -2.16. The predicted octanol–water partition coefficient (Wildman–Crippen LogP) is 2.80.